The molecule has 0 aromatic rings. The molecule has 0 bridgehead atoms. The van der Waals surface area contributed by atoms with Gasteiger partial charge in [-0.25, -0.2) is 0 Å². The highest BCUT2D eigenvalue weighted by Crippen LogP contribution is 2.26. The first-order valence-electron chi connectivity index (χ1n) is 30.4. The standard InChI is InChI=1S/C64H111NO10/c1-4-7-10-13-16-19-22-25-26-27-28-29-30-31-32-34-37-40-43-46-49-52-59(69)75-62-61(71)60(70)58(53-66)74-64(62)73-54-55(56(67)50-47-44-41-38-36-33-23-20-17-14-11-8-5-2)65-63(72)57(68)51-48-45-42-39-35-24-21-18-15-12-9-6-3/h7,10,16,19,25-26,28-29,31-32,37,40,47,50,55-58,60-62,64,66-68,70-71H,4-6,8-9,11-15,17-18,20-24,27,30,33-36,38-39,41-46,48-49,51-54H2,1-3H3,(H,65,72)/b10-7-,19-16-,26-25-,29-28-,32-31-,40-37-,50-47+. The first-order chi connectivity index (χ1) is 36.7. The van der Waals surface area contributed by atoms with Crippen LogP contribution in [0.4, 0.5) is 0 Å². The molecule has 0 aliphatic carbocycles. The van der Waals surface area contributed by atoms with Crippen molar-refractivity contribution in [2.75, 3.05) is 13.2 Å². The number of hydrogen-bond acceptors (Lipinski definition) is 10. The lowest BCUT2D eigenvalue weighted by molar-refractivity contribution is -0.305. The van der Waals surface area contributed by atoms with E-state index in [0.29, 0.717) is 12.8 Å². The van der Waals surface area contributed by atoms with E-state index < -0.39 is 67.4 Å². The van der Waals surface area contributed by atoms with E-state index in [2.05, 4.69) is 99.0 Å². The molecule has 1 rings (SSSR count). The molecule has 6 N–H and O–H groups in total. The van der Waals surface area contributed by atoms with Gasteiger partial charge in [0.15, 0.2) is 12.4 Å². The molecule has 0 radical (unpaired) electrons. The summed E-state index contributed by atoms with van der Waals surface area (Å²) in [6.45, 7) is 5.64. The summed E-state index contributed by atoms with van der Waals surface area (Å²) in [5.74, 6) is -1.24. The molecule has 0 aromatic heterocycles. The Hall–Kier alpha value is -3.16. The first-order valence-corrected chi connectivity index (χ1v) is 30.4. The lowest BCUT2D eigenvalue weighted by atomic mass is 9.99. The van der Waals surface area contributed by atoms with E-state index >= 15 is 0 Å². The fourth-order valence-corrected chi connectivity index (χ4v) is 9.01. The van der Waals surface area contributed by atoms with Crippen LogP contribution in [-0.4, -0.2) is 99.6 Å². The summed E-state index contributed by atoms with van der Waals surface area (Å²) in [5.41, 5.74) is 0. The summed E-state index contributed by atoms with van der Waals surface area (Å²) in [4.78, 5) is 26.5. The second-order valence-corrected chi connectivity index (χ2v) is 20.7. The van der Waals surface area contributed by atoms with Gasteiger partial charge in [0.05, 0.1) is 25.4 Å². The highest BCUT2D eigenvalue weighted by molar-refractivity contribution is 5.80. The monoisotopic (exact) mass is 1050 g/mol. The zero-order valence-electron chi connectivity index (χ0n) is 47.6. The Morgan fingerprint density at radius 3 is 1.44 bits per heavy atom. The fourth-order valence-electron chi connectivity index (χ4n) is 9.01. The Labute approximate surface area is 457 Å². The largest absolute Gasteiger partial charge is 0.454 e. The number of carbonyl (C=O) groups is 2. The van der Waals surface area contributed by atoms with Gasteiger partial charge in [0, 0.05) is 6.42 Å². The maximum absolute atomic E-state index is 13.4. The molecule has 1 saturated heterocycles. The molecule has 0 aromatic carbocycles. The highest BCUT2D eigenvalue weighted by atomic mass is 16.7. The smallest absolute Gasteiger partial charge is 0.306 e. The molecular weight excluding hydrogens is 943 g/mol. The summed E-state index contributed by atoms with van der Waals surface area (Å²) in [6.07, 6.45) is 56.2. The number of aliphatic hydroxyl groups excluding tert-OH is 5. The Kier molecular flexibility index (Phi) is 48.0. The van der Waals surface area contributed by atoms with Gasteiger partial charge in [-0.05, 0) is 77.0 Å². The summed E-state index contributed by atoms with van der Waals surface area (Å²) in [6, 6.07) is -1.03. The average Bonchev–Trinajstić information content (AvgIpc) is 3.41. The number of nitrogens with one attached hydrogen (secondary N) is 1. The predicted octanol–water partition coefficient (Wildman–Crippen LogP) is 14.2. The Morgan fingerprint density at radius 1 is 0.533 bits per heavy atom. The zero-order valence-corrected chi connectivity index (χ0v) is 47.6. The average molecular weight is 1050 g/mol. The number of aliphatic hydroxyl groups is 5. The second-order valence-electron chi connectivity index (χ2n) is 20.7. The summed E-state index contributed by atoms with van der Waals surface area (Å²) in [7, 11) is 0. The summed E-state index contributed by atoms with van der Waals surface area (Å²) in [5, 5.41) is 56.9. The van der Waals surface area contributed by atoms with Crippen molar-refractivity contribution in [1.82, 2.24) is 5.32 Å². The van der Waals surface area contributed by atoms with E-state index in [1.54, 1.807) is 6.08 Å². The third kappa shape index (κ3) is 39.8. The van der Waals surface area contributed by atoms with Crippen LogP contribution in [0.3, 0.4) is 0 Å². The molecule has 8 atom stereocenters. The van der Waals surface area contributed by atoms with Gasteiger partial charge in [-0.2, -0.15) is 0 Å². The molecule has 1 heterocycles. The molecular formula is C64H111NO10. The van der Waals surface area contributed by atoms with Crippen LogP contribution in [0.15, 0.2) is 85.1 Å². The van der Waals surface area contributed by atoms with Crippen molar-refractivity contribution in [3.05, 3.63) is 85.1 Å². The van der Waals surface area contributed by atoms with Crippen LogP contribution in [0.25, 0.3) is 0 Å². The van der Waals surface area contributed by atoms with Gasteiger partial charge in [-0.15, -0.1) is 0 Å². The molecule has 1 aliphatic heterocycles. The van der Waals surface area contributed by atoms with E-state index in [-0.39, 0.29) is 19.4 Å². The molecule has 432 valence electrons. The molecule has 8 unspecified atom stereocenters. The number of rotatable bonds is 50. The van der Waals surface area contributed by atoms with Crippen molar-refractivity contribution in [1.29, 1.82) is 0 Å². The van der Waals surface area contributed by atoms with Crippen LogP contribution in [-0.2, 0) is 23.8 Å². The molecule has 0 spiro atoms. The minimum absolute atomic E-state index is 0.0659. The SMILES string of the molecule is CC/C=C\C/C=C\C/C=C\C/C=C\C/C=C\C/C=C\CCCCC(=O)OC1C(OCC(NC(=O)C(O)CCCCCCCCCCCCCC)C(O)/C=C/CCCCCCCCCCCCC)OC(CO)C(O)C1O. The van der Waals surface area contributed by atoms with Gasteiger partial charge in [0.1, 0.15) is 24.4 Å². The van der Waals surface area contributed by atoms with Crippen LogP contribution in [0.5, 0.6) is 0 Å². The van der Waals surface area contributed by atoms with E-state index in [0.717, 1.165) is 89.9 Å². The van der Waals surface area contributed by atoms with Crippen molar-refractivity contribution < 1.29 is 49.3 Å². The molecule has 0 saturated carbocycles. The number of amides is 1. The summed E-state index contributed by atoms with van der Waals surface area (Å²) >= 11 is 0. The maximum atomic E-state index is 13.4. The Balaban J connectivity index is 2.72. The highest BCUT2D eigenvalue weighted by Gasteiger charge is 2.47. The van der Waals surface area contributed by atoms with E-state index in [9.17, 15) is 35.1 Å². The molecule has 1 amide bonds. The van der Waals surface area contributed by atoms with Gasteiger partial charge < -0.3 is 45.1 Å². The zero-order chi connectivity index (χ0) is 54.7. The fraction of sp³-hybridized carbons (Fsp3) is 0.750. The molecule has 11 nitrogen and oxygen atoms in total. The van der Waals surface area contributed by atoms with Gasteiger partial charge in [-0.3, -0.25) is 9.59 Å². The van der Waals surface area contributed by atoms with E-state index in [4.69, 9.17) is 14.2 Å². The van der Waals surface area contributed by atoms with Gasteiger partial charge in [-0.1, -0.05) is 247 Å². The maximum Gasteiger partial charge on any atom is 0.306 e. The molecule has 1 aliphatic rings. The van der Waals surface area contributed by atoms with Gasteiger partial charge in [0.25, 0.3) is 0 Å². The van der Waals surface area contributed by atoms with Crippen molar-refractivity contribution in [2.45, 2.75) is 294 Å². The third-order valence-electron chi connectivity index (χ3n) is 13.8. The lowest BCUT2D eigenvalue weighted by Gasteiger charge is -2.41. The predicted molar refractivity (Wildman–Crippen MR) is 310 cm³/mol. The minimum Gasteiger partial charge on any atom is -0.454 e. The number of carbonyl (C=O) groups excluding carboxylic acids is 2. The number of esters is 1. The quantitative estimate of drug-likeness (QED) is 0.0195. The number of ether oxygens (including phenoxy) is 3. The third-order valence-corrected chi connectivity index (χ3v) is 13.8. The van der Waals surface area contributed by atoms with Crippen LogP contribution in [0, 0.1) is 0 Å². The van der Waals surface area contributed by atoms with Gasteiger partial charge >= 0.3 is 5.97 Å². The Bertz CT molecular complexity index is 1540. The van der Waals surface area contributed by atoms with Crippen molar-refractivity contribution in [3.63, 3.8) is 0 Å². The number of allylic oxidation sites excluding steroid dienone is 13. The molecule has 1 fully saturated rings. The topological polar surface area (TPSA) is 175 Å². The van der Waals surface area contributed by atoms with Crippen LogP contribution >= 0.6 is 0 Å². The number of hydrogen-bond donors (Lipinski definition) is 6. The Morgan fingerprint density at radius 2 is 0.960 bits per heavy atom. The minimum atomic E-state index is -1.63. The first kappa shape index (κ1) is 69.9. The van der Waals surface area contributed by atoms with E-state index in [1.165, 1.54) is 109 Å². The van der Waals surface area contributed by atoms with Crippen LogP contribution in [0.2, 0.25) is 0 Å². The number of unbranched alkanes of at least 4 members (excludes halogenated alkanes) is 24. The van der Waals surface area contributed by atoms with Crippen molar-refractivity contribution in [3.8, 4) is 0 Å². The lowest BCUT2D eigenvalue weighted by Crippen LogP contribution is -2.61. The van der Waals surface area contributed by atoms with Crippen molar-refractivity contribution >= 4 is 11.9 Å². The van der Waals surface area contributed by atoms with Crippen LogP contribution in [0.1, 0.15) is 245 Å². The normalized spacial score (nSPS) is 19.8. The molecule has 75 heavy (non-hydrogen) atoms. The van der Waals surface area contributed by atoms with E-state index in [1.807, 2.05) is 6.08 Å². The van der Waals surface area contributed by atoms with Crippen molar-refractivity contribution in [2.24, 2.45) is 0 Å². The second kappa shape index (κ2) is 51.6. The molecule has 11 heteroatoms. The van der Waals surface area contributed by atoms with Gasteiger partial charge in [0.2, 0.25) is 5.91 Å². The summed E-state index contributed by atoms with van der Waals surface area (Å²) < 4.78 is 17.6. The van der Waals surface area contributed by atoms with Crippen LogP contribution < -0.4 is 5.32 Å².